The second-order valence-electron chi connectivity index (χ2n) is 6.52. The minimum absolute atomic E-state index is 0.0119. The molecular formula is C22H27N3OS3. The van der Waals surface area contributed by atoms with Crippen LogP contribution in [0.15, 0.2) is 52.3 Å². The lowest BCUT2D eigenvalue weighted by atomic mass is 10.2. The van der Waals surface area contributed by atoms with Crippen LogP contribution in [0.4, 0.5) is 5.13 Å². The van der Waals surface area contributed by atoms with Gasteiger partial charge in [-0.25, -0.2) is 4.98 Å². The topological polar surface area (TPSA) is 36.4 Å². The highest BCUT2D eigenvalue weighted by Crippen LogP contribution is 2.34. The molecule has 3 rings (SSSR count). The monoisotopic (exact) mass is 445 g/mol. The maximum Gasteiger partial charge on any atom is 0.260 e. The van der Waals surface area contributed by atoms with Crippen LogP contribution in [0.5, 0.6) is 0 Å². The number of thiazole rings is 1. The smallest absolute Gasteiger partial charge is 0.260 e. The van der Waals surface area contributed by atoms with Gasteiger partial charge in [0.1, 0.15) is 0 Å². The molecule has 0 saturated heterocycles. The van der Waals surface area contributed by atoms with Gasteiger partial charge < -0.3 is 4.90 Å². The lowest BCUT2D eigenvalue weighted by molar-refractivity contribution is 0.0983. The fourth-order valence-corrected chi connectivity index (χ4v) is 5.27. The molecule has 0 aliphatic carbocycles. The van der Waals surface area contributed by atoms with Crippen LogP contribution in [-0.2, 0) is 0 Å². The Kier molecular flexibility index (Phi) is 8.00. The Morgan fingerprint density at radius 1 is 1.03 bits per heavy atom. The van der Waals surface area contributed by atoms with E-state index >= 15 is 0 Å². The van der Waals surface area contributed by atoms with E-state index in [1.54, 1.807) is 34.9 Å². The Morgan fingerprint density at radius 2 is 1.79 bits per heavy atom. The maximum absolute atomic E-state index is 13.5. The first-order valence-corrected chi connectivity index (χ1v) is 13.0. The van der Waals surface area contributed by atoms with Gasteiger partial charge in [0.15, 0.2) is 5.13 Å². The SMILES string of the molecule is CCN(CC)CCN(C(=O)c1cccc(SC)c1)c1nc2c(SC)cccc2s1. The van der Waals surface area contributed by atoms with Crippen LogP contribution in [0.1, 0.15) is 24.2 Å². The third-order valence-corrected chi connectivity index (χ3v) is 7.46. The summed E-state index contributed by atoms with van der Waals surface area (Å²) in [4.78, 5) is 24.8. The van der Waals surface area contributed by atoms with E-state index in [1.807, 2.05) is 35.4 Å². The summed E-state index contributed by atoms with van der Waals surface area (Å²) in [6.07, 6.45) is 4.09. The Labute approximate surface area is 185 Å². The van der Waals surface area contributed by atoms with Gasteiger partial charge in [0.2, 0.25) is 0 Å². The molecule has 154 valence electrons. The van der Waals surface area contributed by atoms with Crippen LogP contribution in [-0.4, -0.2) is 54.5 Å². The van der Waals surface area contributed by atoms with E-state index in [0.717, 1.165) is 44.8 Å². The van der Waals surface area contributed by atoms with Gasteiger partial charge >= 0.3 is 0 Å². The van der Waals surface area contributed by atoms with Crippen LogP contribution in [0.25, 0.3) is 10.2 Å². The standard InChI is InChI=1S/C22H27N3OS3/c1-5-24(6-2)13-14-25(21(26)16-9-7-10-17(15-16)27-3)22-23-20-18(28-4)11-8-12-19(20)29-22/h7-12,15H,5-6,13-14H2,1-4H3. The maximum atomic E-state index is 13.5. The van der Waals surface area contributed by atoms with Crippen molar-refractivity contribution in [2.24, 2.45) is 0 Å². The van der Waals surface area contributed by atoms with Crippen molar-refractivity contribution >= 4 is 56.1 Å². The molecule has 0 spiro atoms. The van der Waals surface area contributed by atoms with E-state index in [-0.39, 0.29) is 5.91 Å². The molecule has 0 radical (unpaired) electrons. The predicted octanol–water partition coefficient (Wildman–Crippen LogP) is 5.73. The minimum atomic E-state index is 0.0119. The molecule has 0 unspecified atom stereocenters. The van der Waals surface area contributed by atoms with Crippen molar-refractivity contribution in [3.63, 3.8) is 0 Å². The number of carbonyl (C=O) groups is 1. The van der Waals surface area contributed by atoms with Gasteiger partial charge in [0.05, 0.1) is 10.2 Å². The van der Waals surface area contributed by atoms with E-state index in [4.69, 9.17) is 4.98 Å². The number of nitrogens with zero attached hydrogens (tertiary/aromatic N) is 3. The molecule has 0 N–H and O–H groups in total. The van der Waals surface area contributed by atoms with Crippen LogP contribution in [0.2, 0.25) is 0 Å². The Bertz CT molecular complexity index is 969. The molecule has 0 saturated carbocycles. The van der Waals surface area contributed by atoms with Crippen LogP contribution < -0.4 is 4.90 Å². The number of hydrogen-bond donors (Lipinski definition) is 0. The quantitative estimate of drug-likeness (QED) is 0.393. The Morgan fingerprint density at radius 3 is 2.48 bits per heavy atom. The van der Waals surface area contributed by atoms with Gasteiger partial charge in [0.25, 0.3) is 5.91 Å². The summed E-state index contributed by atoms with van der Waals surface area (Å²) in [5, 5.41) is 0.771. The highest BCUT2D eigenvalue weighted by molar-refractivity contribution is 7.99. The Balaban J connectivity index is 1.99. The molecule has 0 aliphatic rings. The van der Waals surface area contributed by atoms with E-state index in [1.165, 1.54) is 0 Å². The minimum Gasteiger partial charge on any atom is -0.302 e. The first kappa shape index (κ1) is 22.2. The number of fused-ring (bicyclic) bond motifs is 1. The highest BCUT2D eigenvalue weighted by atomic mass is 32.2. The third kappa shape index (κ3) is 5.15. The van der Waals surface area contributed by atoms with Crippen LogP contribution in [0, 0.1) is 0 Å². The molecule has 0 fully saturated rings. The van der Waals surface area contributed by atoms with Crippen molar-refractivity contribution < 1.29 is 4.79 Å². The second-order valence-corrected chi connectivity index (χ2v) is 9.26. The van der Waals surface area contributed by atoms with Crippen molar-refractivity contribution in [1.82, 2.24) is 9.88 Å². The number of para-hydroxylation sites is 1. The summed E-state index contributed by atoms with van der Waals surface area (Å²) in [6.45, 7) is 7.69. The lowest BCUT2D eigenvalue weighted by Crippen LogP contribution is -2.38. The number of rotatable bonds is 9. The number of carbonyl (C=O) groups excluding carboxylic acids is 1. The zero-order chi connectivity index (χ0) is 20.8. The number of aromatic nitrogens is 1. The first-order chi connectivity index (χ1) is 14.1. The van der Waals surface area contributed by atoms with Gasteiger partial charge in [0, 0.05) is 28.4 Å². The number of hydrogen-bond acceptors (Lipinski definition) is 6. The third-order valence-electron chi connectivity index (χ3n) is 4.92. The summed E-state index contributed by atoms with van der Waals surface area (Å²) in [6, 6.07) is 14.1. The zero-order valence-corrected chi connectivity index (χ0v) is 19.8. The number of benzene rings is 2. The molecule has 29 heavy (non-hydrogen) atoms. The number of anilines is 1. The van der Waals surface area contributed by atoms with Gasteiger partial charge in [-0.05, 0) is 55.9 Å². The fourth-order valence-electron chi connectivity index (χ4n) is 3.17. The predicted molar refractivity (Wildman–Crippen MR) is 129 cm³/mol. The van der Waals surface area contributed by atoms with E-state index in [2.05, 4.69) is 43.2 Å². The number of thioether (sulfide) groups is 2. The molecular weight excluding hydrogens is 418 g/mol. The summed E-state index contributed by atoms with van der Waals surface area (Å²) in [5.41, 5.74) is 1.69. The molecule has 0 bridgehead atoms. The lowest BCUT2D eigenvalue weighted by Gasteiger charge is -2.25. The van der Waals surface area contributed by atoms with Gasteiger partial charge in [-0.2, -0.15) is 0 Å². The van der Waals surface area contributed by atoms with Crippen LogP contribution >= 0.6 is 34.9 Å². The van der Waals surface area contributed by atoms with Crippen molar-refractivity contribution in [1.29, 1.82) is 0 Å². The van der Waals surface area contributed by atoms with E-state index < -0.39 is 0 Å². The van der Waals surface area contributed by atoms with Gasteiger partial charge in [-0.15, -0.1) is 23.5 Å². The molecule has 7 heteroatoms. The molecule has 0 atom stereocenters. The summed E-state index contributed by atoms with van der Waals surface area (Å²) in [5.74, 6) is 0.0119. The highest BCUT2D eigenvalue weighted by Gasteiger charge is 2.22. The summed E-state index contributed by atoms with van der Waals surface area (Å²) >= 11 is 4.93. The molecule has 1 heterocycles. The Hall–Kier alpha value is -1.54. The van der Waals surface area contributed by atoms with E-state index in [0.29, 0.717) is 12.1 Å². The van der Waals surface area contributed by atoms with Crippen molar-refractivity contribution in [2.75, 3.05) is 43.6 Å². The molecule has 0 aliphatic heterocycles. The molecule has 3 aromatic rings. The average molecular weight is 446 g/mol. The second kappa shape index (κ2) is 10.5. The summed E-state index contributed by atoms with van der Waals surface area (Å²) < 4.78 is 1.12. The zero-order valence-electron chi connectivity index (χ0n) is 17.3. The number of amides is 1. The van der Waals surface area contributed by atoms with Gasteiger partial charge in [-0.1, -0.05) is 37.3 Å². The number of likely N-dealkylation sites (N-methyl/N-ethyl adjacent to an activating group) is 1. The van der Waals surface area contributed by atoms with E-state index in [9.17, 15) is 4.79 Å². The molecule has 1 aromatic heterocycles. The van der Waals surface area contributed by atoms with Crippen LogP contribution in [0.3, 0.4) is 0 Å². The molecule has 2 aromatic carbocycles. The fraction of sp³-hybridized carbons (Fsp3) is 0.364. The van der Waals surface area contributed by atoms with Gasteiger partial charge in [-0.3, -0.25) is 9.69 Å². The largest absolute Gasteiger partial charge is 0.302 e. The normalized spacial score (nSPS) is 11.3. The molecule has 4 nitrogen and oxygen atoms in total. The van der Waals surface area contributed by atoms with Crippen molar-refractivity contribution in [2.45, 2.75) is 23.6 Å². The van der Waals surface area contributed by atoms with Crippen molar-refractivity contribution in [3.05, 3.63) is 48.0 Å². The van der Waals surface area contributed by atoms with Crippen molar-refractivity contribution in [3.8, 4) is 0 Å². The summed E-state index contributed by atoms with van der Waals surface area (Å²) in [7, 11) is 0. The first-order valence-electron chi connectivity index (χ1n) is 9.73. The molecule has 1 amide bonds. The average Bonchev–Trinajstić information content (AvgIpc) is 3.20.